The minimum absolute atomic E-state index is 0.108. The highest BCUT2D eigenvalue weighted by Crippen LogP contribution is 2.37. The predicted octanol–water partition coefficient (Wildman–Crippen LogP) is 5.99. The molecule has 4 aromatic rings. The maximum atomic E-state index is 13.5. The van der Waals surface area contributed by atoms with Crippen LogP contribution in [0.4, 0.5) is 30.2 Å². The molecule has 1 amide bonds. The van der Waals surface area contributed by atoms with E-state index in [9.17, 15) is 34.8 Å². The Hall–Kier alpha value is -4.07. The Labute approximate surface area is 239 Å². The summed E-state index contributed by atoms with van der Waals surface area (Å²) in [7, 11) is -8.49. The van der Waals surface area contributed by atoms with Gasteiger partial charge in [-0.1, -0.05) is 48.0 Å². The molecule has 214 valence electrons. The molecule has 0 aliphatic rings. The van der Waals surface area contributed by atoms with Crippen molar-refractivity contribution in [3.05, 3.63) is 114 Å². The van der Waals surface area contributed by atoms with E-state index in [-0.39, 0.29) is 20.5 Å². The Morgan fingerprint density at radius 2 is 1.34 bits per heavy atom. The van der Waals surface area contributed by atoms with Crippen LogP contribution in [0.2, 0.25) is 5.02 Å². The number of carbonyl (C=O) groups is 1. The van der Waals surface area contributed by atoms with Crippen LogP contribution in [0.25, 0.3) is 0 Å². The minimum atomic E-state index is -4.80. The van der Waals surface area contributed by atoms with Crippen LogP contribution in [-0.4, -0.2) is 29.3 Å². The highest BCUT2D eigenvalue weighted by molar-refractivity contribution is 7.93. The normalized spacial score (nSPS) is 12.0. The zero-order valence-corrected chi connectivity index (χ0v) is 23.2. The quantitative estimate of drug-likeness (QED) is 0.238. The van der Waals surface area contributed by atoms with Gasteiger partial charge in [0, 0.05) is 11.4 Å². The second-order valence-corrected chi connectivity index (χ2v) is 12.5. The number of benzene rings is 4. The van der Waals surface area contributed by atoms with Crippen molar-refractivity contribution in [2.24, 2.45) is 0 Å². The van der Waals surface area contributed by atoms with Crippen molar-refractivity contribution >= 4 is 54.6 Å². The second-order valence-electron chi connectivity index (χ2n) is 8.53. The Bertz CT molecular complexity index is 1750. The first-order chi connectivity index (χ1) is 19.3. The van der Waals surface area contributed by atoms with Crippen molar-refractivity contribution in [2.45, 2.75) is 16.0 Å². The lowest BCUT2D eigenvalue weighted by atomic mass is 10.2. The molecule has 0 bridgehead atoms. The third-order valence-corrected chi connectivity index (χ3v) is 9.13. The van der Waals surface area contributed by atoms with Crippen molar-refractivity contribution < 1.29 is 34.8 Å². The number of hydrogen-bond acceptors (Lipinski definition) is 5. The van der Waals surface area contributed by atoms with Crippen LogP contribution in [0.3, 0.4) is 0 Å². The SMILES string of the molecule is O=C(CN(c1cc(C(F)(F)F)ccc1Cl)S(=O)(=O)c1ccccc1)Nc1ccc(S(=O)(=O)Nc2ccccc2)cc1. The molecule has 8 nitrogen and oxygen atoms in total. The zero-order chi connectivity index (χ0) is 29.8. The summed E-state index contributed by atoms with van der Waals surface area (Å²) in [6, 6.07) is 22.2. The molecule has 0 atom stereocenters. The molecule has 0 unspecified atom stereocenters. The van der Waals surface area contributed by atoms with Gasteiger partial charge in [0.1, 0.15) is 6.54 Å². The number of para-hydroxylation sites is 1. The van der Waals surface area contributed by atoms with Gasteiger partial charge in [-0.15, -0.1) is 0 Å². The van der Waals surface area contributed by atoms with E-state index in [1.54, 1.807) is 36.4 Å². The minimum Gasteiger partial charge on any atom is -0.325 e. The number of hydrogen-bond donors (Lipinski definition) is 2. The zero-order valence-electron chi connectivity index (χ0n) is 20.8. The van der Waals surface area contributed by atoms with Gasteiger partial charge < -0.3 is 5.32 Å². The molecule has 0 radical (unpaired) electrons. The van der Waals surface area contributed by atoms with Gasteiger partial charge in [0.25, 0.3) is 20.0 Å². The van der Waals surface area contributed by atoms with E-state index in [0.29, 0.717) is 22.1 Å². The van der Waals surface area contributed by atoms with Gasteiger partial charge in [0.15, 0.2) is 0 Å². The smallest absolute Gasteiger partial charge is 0.325 e. The van der Waals surface area contributed by atoms with Crippen LogP contribution in [-0.2, 0) is 31.0 Å². The average Bonchev–Trinajstić information content (AvgIpc) is 2.92. The maximum Gasteiger partial charge on any atom is 0.416 e. The fourth-order valence-electron chi connectivity index (χ4n) is 3.67. The van der Waals surface area contributed by atoms with Crippen LogP contribution in [0.1, 0.15) is 5.56 Å². The van der Waals surface area contributed by atoms with Crippen LogP contribution in [0.15, 0.2) is 113 Å². The second kappa shape index (κ2) is 11.8. The molecule has 0 saturated carbocycles. The molecule has 41 heavy (non-hydrogen) atoms. The van der Waals surface area contributed by atoms with E-state index >= 15 is 0 Å². The summed E-state index contributed by atoms with van der Waals surface area (Å²) in [5, 5.41) is 2.10. The number of anilines is 3. The van der Waals surface area contributed by atoms with E-state index in [1.807, 2.05) is 0 Å². The number of carbonyl (C=O) groups excluding carboxylic acids is 1. The first-order valence-electron chi connectivity index (χ1n) is 11.7. The van der Waals surface area contributed by atoms with E-state index in [4.69, 9.17) is 11.6 Å². The number of amides is 1. The fourth-order valence-corrected chi connectivity index (χ4v) is 6.45. The van der Waals surface area contributed by atoms with E-state index < -0.39 is 49.9 Å². The largest absolute Gasteiger partial charge is 0.416 e. The molecule has 2 N–H and O–H groups in total. The summed E-state index contributed by atoms with van der Waals surface area (Å²) in [4.78, 5) is 12.6. The molecule has 0 aliphatic heterocycles. The van der Waals surface area contributed by atoms with Crippen molar-refractivity contribution in [1.29, 1.82) is 0 Å². The molecule has 0 spiro atoms. The molecule has 0 fully saturated rings. The van der Waals surface area contributed by atoms with Crippen LogP contribution >= 0.6 is 11.6 Å². The number of alkyl halides is 3. The standard InChI is InChI=1S/C27H21ClF3N3O5S2/c28-24-16-11-19(27(29,30)31)17-25(24)34(41(38,39)23-9-5-2-6-10-23)18-26(35)32-20-12-14-22(15-13-20)40(36,37)33-21-7-3-1-4-8-21/h1-17,33H,18H2,(H,32,35). The summed E-state index contributed by atoms with van der Waals surface area (Å²) >= 11 is 6.13. The summed E-state index contributed by atoms with van der Waals surface area (Å²) in [5.41, 5.74) is -1.25. The topological polar surface area (TPSA) is 113 Å². The lowest BCUT2D eigenvalue weighted by Gasteiger charge is -2.26. The van der Waals surface area contributed by atoms with Gasteiger partial charge in [-0.2, -0.15) is 13.2 Å². The van der Waals surface area contributed by atoms with Crippen molar-refractivity contribution in [3.8, 4) is 0 Å². The van der Waals surface area contributed by atoms with Gasteiger partial charge in [-0.25, -0.2) is 16.8 Å². The number of nitrogens with one attached hydrogen (secondary N) is 2. The molecule has 4 aromatic carbocycles. The highest BCUT2D eigenvalue weighted by Gasteiger charge is 2.34. The summed E-state index contributed by atoms with van der Waals surface area (Å²) < 4.78 is 95.4. The number of rotatable bonds is 9. The summed E-state index contributed by atoms with van der Waals surface area (Å²) in [6.07, 6.45) is -4.80. The number of sulfonamides is 2. The molecule has 14 heteroatoms. The maximum absolute atomic E-state index is 13.5. The molecule has 0 aromatic heterocycles. The van der Waals surface area contributed by atoms with Crippen molar-refractivity contribution in [2.75, 3.05) is 20.9 Å². The average molecular weight is 624 g/mol. The fraction of sp³-hybridized carbons (Fsp3) is 0.0741. The van der Waals surface area contributed by atoms with E-state index in [0.717, 1.165) is 6.07 Å². The first kappa shape index (κ1) is 29.9. The van der Waals surface area contributed by atoms with Gasteiger partial charge in [-0.05, 0) is 66.7 Å². The number of nitrogens with zero attached hydrogens (tertiary/aromatic N) is 1. The lowest BCUT2D eigenvalue weighted by Crippen LogP contribution is -2.38. The van der Waals surface area contributed by atoms with Crippen LogP contribution < -0.4 is 14.3 Å². The molecule has 0 saturated heterocycles. The molecule has 0 heterocycles. The van der Waals surface area contributed by atoms with E-state index in [1.165, 1.54) is 48.5 Å². The number of halogens is 4. The van der Waals surface area contributed by atoms with E-state index in [2.05, 4.69) is 10.0 Å². The predicted molar refractivity (Wildman–Crippen MR) is 150 cm³/mol. The first-order valence-corrected chi connectivity index (χ1v) is 15.0. The van der Waals surface area contributed by atoms with Crippen molar-refractivity contribution in [3.63, 3.8) is 0 Å². The molecular weight excluding hydrogens is 603 g/mol. The molecule has 4 rings (SSSR count). The summed E-state index contributed by atoms with van der Waals surface area (Å²) in [6.45, 7) is -0.937. The summed E-state index contributed by atoms with van der Waals surface area (Å²) in [5.74, 6) is -0.920. The monoisotopic (exact) mass is 623 g/mol. The third-order valence-electron chi connectivity index (χ3n) is 5.63. The van der Waals surface area contributed by atoms with Crippen LogP contribution in [0, 0.1) is 0 Å². The Morgan fingerprint density at radius 3 is 1.93 bits per heavy atom. The Morgan fingerprint density at radius 1 is 0.756 bits per heavy atom. The molecule has 0 aliphatic carbocycles. The van der Waals surface area contributed by atoms with Gasteiger partial charge >= 0.3 is 6.18 Å². The highest BCUT2D eigenvalue weighted by atomic mass is 35.5. The van der Waals surface area contributed by atoms with Gasteiger partial charge in [0.2, 0.25) is 5.91 Å². The Balaban J connectivity index is 1.60. The van der Waals surface area contributed by atoms with Crippen molar-refractivity contribution in [1.82, 2.24) is 0 Å². The Kier molecular flexibility index (Phi) is 8.61. The lowest BCUT2D eigenvalue weighted by molar-refractivity contribution is -0.137. The molecular formula is C27H21ClF3N3O5S2. The van der Waals surface area contributed by atoms with Gasteiger partial charge in [0.05, 0.1) is 26.1 Å². The third kappa shape index (κ3) is 7.17. The van der Waals surface area contributed by atoms with Gasteiger partial charge in [-0.3, -0.25) is 13.8 Å². The van der Waals surface area contributed by atoms with Crippen LogP contribution in [0.5, 0.6) is 0 Å².